The van der Waals surface area contributed by atoms with E-state index in [-0.39, 0.29) is 22.9 Å². The van der Waals surface area contributed by atoms with Crippen LogP contribution in [0, 0.1) is 0 Å². The number of sulfonamides is 1. The van der Waals surface area contributed by atoms with Crippen molar-refractivity contribution in [1.29, 1.82) is 0 Å². The van der Waals surface area contributed by atoms with Gasteiger partial charge in [0, 0.05) is 42.1 Å². The normalized spacial score (nSPS) is 13.6. The molecule has 0 radical (unpaired) electrons. The highest BCUT2D eigenvalue weighted by molar-refractivity contribution is 7.93. The molecule has 0 bridgehead atoms. The Kier molecular flexibility index (Phi) is 6.21. The van der Waals surface area contributed by atoms with E-state index in [1.165, 1.54) is 6.07 Å². The van der Waals surface area contributed by atoms with Gasteiger partial charge >= 0.3 is 6.03 Å². The third kappa shape index (κ3) is 4.96. The van der Waals surface area contributed by atoms with Gasteiger partial charge in [-0.25, -0.2) is 18.2 Å². The Morgan fingerprint density at radius 2 is 1.61 bits per heavy atom. The molecule has 3 heterocycles. The highest BCUT2D eigenvalue weighted by Gasteiger charge is 2.32. The van der Waals surface area contributed by atoms with Gasteiger partial charge in [0.05, 0.1) is 11.6 Å². The Hall–Kier alpha value is -4.51. The number of benzene rings is 2. The first-order valence-corrected chi connectivity index (χ1v) is 12.6. The molecular weight excluding hydrogens is 480 g/mol. The highest BCUT2D eigenvalue weighted by atomic mass is 32.2. The lowest BCUT2D eigenvalue weighted by atomic mass is 10.1. The second-order valence-corrected chi connectivity index (χ2v) is 9.89. The SMILES string of the molecule is O=C(Nc1ccccn1)NC1CN(C(=O)c2ccc(NS(=O)(=O)c3cccc4cccnc34)cc2)C1. The van der Waals surface area contributed by atoms with Crippen LogP contribution in [0.4, 0.5) is 16.3 Å². The lowest BCUT2D eigenvalue weighted by molar-refractivity contribution is 0.0580. The molecule has 0 unspecified atom stereocenters. The van der Waals surface area contributed by atoms with E-state index < -0.39 is 10.0 Å². The van der Waals surface area contributed by atoms with Gasteiger partial charge in [0.2, 0.25) is 0 Å². The molecule has 36 heavy (non-hydrogen) atoms. The van der Waals surface area contributed by atoms with Crippen molar-refractivity contribution < 1.29 is 18.0 Å². The van der Waals surface area contributed by atoms with Crippen LogP contribution in [0.3, 0.4) is 0 Å². The number of anilines is 2. The molecule has 5 rings (SSSR count). The minimum atomic E-state index is -3.88. The topological polar surface area (TPSA) is 133 Å². The molecule has 3 amide bonds. The van der Waals surface area contributed by atoms with Crippen LogP contribution in [0.5, 0.6) is 0 Å². The van der Waals surface area contributed by atoms with E-state index in [0.717, 1.165) is 5.39 Å². The van der Waals surface area contributed by atoms with Crippen LogP contribution >= 0.6 is 0 Å². The molecule has 1 saturated heterocycles. The number of urea groups is 1. The molecule has 0 saturated carbocycles. The van der Waals surface area contributed by atoms with Gasteiger partial charge in [0.1, 0.15) is 10.7 Å². The molecule has 1 aliphatic heterocycles. The minimum Gasteiger partial charge on any atom is -0.334 e. The lowest BCUT2D eigenvalue weighted by Gasteiger charge is -2.39. The van der Waals surface area contributed by atoms with Gasteiger partial charge in [0.15, 0.2) is 0 Å². The van der Waals surface area contributed by atoms with Gasteiger partial charge in [-0.2, -0.15) is 0 Å². The molecule has 0 spiro atoms. The van der Waals surface area contributed by atoms with Crippen molar-refractivity contribution in [3.63, 3.8) is 0 Å². The van der Waals surface area contributed by atoms with E-state index in [0.29, 0.717) is 35.7 Å². The molecule has 2 aromatic carbocycles. The van der Waals surface area contributed by atoms with Gasteiger partial charge in [-0.15, -0.1) is 0 Å². The summed E-state index contributed by atoms with van der Waals surface area (Å²) >= 11 is 0. The molecule has 4 aromatic rings. The maximum absolute atomic E-state index is 13.0. The smallest absolute Gasteiger partial charge is 0.320 e. The monoisotopic (exact) mass is 502 g/mol. The van der Waals surface area contributed by atoms with E-state index in [2.05, 4.69) is 25.3 Å². The molecule has 10 nitrogen and oxygen atoms in total. The number of carbonyl (C=O) groups is 2. The fourth-order valence-electron chi connectivity index (χ4n) is 3.88. The second-order valence-electron chi connectivity index (χ2n) is 8.23. The Morgan fingerprint density at radius 1 is 0.861 bits per heavy atom. The lowest BCUT2D eigenvalue weighted by Crippen LogP contribution is -2.61. The van der Waals surface area contributed by atoms with E-state index in [1.54, 1.807) is 84.0 Å². The number of nitrogens with zero attached hydrogens (tertiary/aromatic N) is 3. The Morgan fingerprint density at radius 3 is 2.36 bits per heavy atom. The number of pyridine rings is 2. The fraction of sp³-hybridized carbons (Fsp3) is 0.120. The largest absolute Gasteiger partial charge is 0.334 e. The van der Waals surface area contributed by atoms with Gasteiger partial charge in [0.25, 0.3) is 15.9 Å². The number of amides is 3. The number of aromatic nitrogens is 2. The van der Waals surface area contributed by atoms with Gasteiger partial charge < -0.3 is 10.2 Å². The van der Waals surface area contributed by atoms with Crippen molar-refractivity contribution in [2.45, 2.75) is 10.9 Å². The van der Waals surface area contributed by atoms with Crippen molar-refractivity contribution in [3.8, 4) is 0 Å². The molecule has 11 heteroatoms. The van der Waals surface area contributed by atoms with E-state index in [1.807, 2.05) is 0 Å². The number of hydrogen-bond donors (Lipinski definition) is 3. The maximum Gasteiger partial charge on any atom is 0.320 e. The molecule has 2 aromatic heterocycles. The van der Waals surface area contributed by atoms with Crippen LogP contribution < -0.4 is 15.4 Å². The Bertz CT molecular complexity index is 1520. The number of likely N-dealkylation sites (tertiary alicyclic amines) is 1. The summed E-state index contributed by atoms with van der Waals surface area (Å²) in [6.07, 6.45) is 3.13. The summed E-state index contributed by atoms with van der Waals surface area (Å²) in [5, 5.41) is 6.16. The summed E-state index contributed by atoms with van der Waals surface area (Å²) in [5.74, 6) is 0.237. The third-order valence-corrected chi connectivity index (χ3v) is 7.09. The van der Waals surface area contributed by atoms with Crippen LogP contribution in [-0.4, -0.2) is 54.4 Å². The quantitative estimate of drug-likeness (QED) is 0.371. The van der Waals surface area contributed by atoms with Crippen molar-refractivity contribution in [2.75, 3.05) is 23.1 Å². The number of rotatable bonds is 6. The standard InChI is InChI=1S/C25H22N6O4S/c32-24(31-15-20(16-31)28-25(33)29-22-8-1-2-13-26-22)18-9-11-19(12-10-18)30-36(34,35)21-7-3-5-17-6-4-14-27-23(17)21/h1-14,20,30H,15-16H2,(H2,26,28,29,33). The van der Waals surface area contributed by atoms with Gasteiger partial charge in [-0.3, -0.25) is 19.8 Å². The molecule has 3 N–H and O–H groups in total. The zero-order chi connectivity index (χ0) is 25.1. The van der Waals surface area contributed by atoms with Crippen molar-refractivity contribution in [1.82, 2.24) is 20.2 Å². The average molecular weight is 503 g/mol. The van der Waals surface area contributed by atoms with Crippen molar-refractivity contribution in [3.05, 3.63) is 90.8 Å². The fourth-order valence-corrected chi connectivity index (χ4v) is 5.12. The predicted octanol–water partition coefficient (Wildman–Crippen LogP) is 3.08. The predicted molar refractivity (Wildman–Crippen MR) is 135 cm³/mol. The molecular formula is C25H22N6O4S. The second kappa shape index (κ2) is 9.62. The van der Waals surface area contributed by atoms with Crippen LogP contribution in [0.25, 0.3) is 10.9 Å². The minimum absolute atomic E-state index is 0.0759. The first-order chi connectivity index (χ1) is 17.4. The van der Waals surface area contributed by atoms with Crippen LogP contribution in [0.15, 0.2) is 90.1 Å². The number of fused-ring (bicyclic) bond motifs is 1. The summed E-state index contributed by atoms with van der Waals surface area (Å²) in [7, 11) is -3.88. The van der Waals surface area contributed by atoms with Crippen molar-refractivity contribution >= 4 is 44.4 Å². The van der Waals surface area contributed by atoms with Gasteiger partial charge in [-0.05, 0) is 48.5 Å². The van der Waals surface area contributed by atoms with E-state index in [9.17, 15) is 18.0 Å². The maximum atomic E-state index is 13.0. The highest BCUT2D eigenvalue weighted by Crippen LogP contribution is 2.24. The summed E-state index contributed by atoms with van der Waals surface area (Å²) in [6, 6.07) is 19.4. The zero-order valence-corrected chi connectivity index (χ0v) is 19.8. The molecule has 1 fully saturated rings. The molecule has 1 aliphatic rings. The number of carbonyl (C=O) groups excluding carboxylic acids is 2. The number of para-hydroxylation sites is 1. The molecule has 0 atom stereocenters. The van der Waals surface area contributed by atoms with E-state index >= 15 is 0 Å². The average Bonchev–Trinajstić information content (AvgIpc) is 2.86. The summed E-state index contributed by atoms with van der Waals surface area (Å²) in [5.41, 5.74) is 1.13. The summed E-state index contributed by atoms with van der Waals surface area (Å²) in [6.45, 7) is 0.744. The van der Waals surface area contributed by atoms with Crippen LogP contribution in [0.1, 0.15) is 10.4 Å². The number of nitrogens with one attached hydrogen (secondary N) is 3. The van der Waals surface area contributed by atoms with Crippen LogP contribution in [0.2, 0.25) is 0 Å². The summed E-state index contributed by atoms with van der Waals surface area (Å²) in [4.78, 5) is 34.7. The third-order valence-electron chi connectivity index (χ3n) is 5.68. The first kappa shape index (κ1) is 23.2. The molecule has 0 aliphatic carbocycles. The Labute approximate surface area is 207 Å². The first-order valence-electron chi connectivity index (χ1n) is 11.1. The zero-order valence-electron chi connectivity index (χ0n) is 19.0. The van der Waals surface area contributed by atoms with Crippen LogP contribution in [-0.2, 0) is 10.0 Å². The molecule has 182 valence electrons. The van der Waals surface area contributed by atoms with E-state index in [4.69, 9.17) is 0 Å². The Balaban J connectivity index is 1.17. The number of hydrogen-bond acceptors (Lipinski definition) is 6. The summed E-state index contributed by atoms with van der Waals surface area (Å²) < 4.78 is 28.5. The van der Waals surface area contributed by atoms with Gasteiger partial charge in [-0.1, -0.05) is 24.3 Å². The van der Waals surface area contributed by atoms with Crippen molar-refractivity contribution in [2.24, 2.45) is 0 Å².